The fourth-order valence-electron chi connectivity index (χ4n) is 2.75. The Balaban J connectivity index is 2.30. The zero-order valence-corrected chi connectivity index (χ0v) is 10.6. The van der Waals surface area contributed by atoms with Crippen molar-refractivity contribution in [3.05, 3.63) is 0 Å². The summed E-state index contributed by atoms with van der Waals surface area (Å²) in [6.07, 6.45) is -0.815. The standard InChI is InChI=1S/C10H14NO5P/c1-3-6-5(4(2)12)9(14)11(6)7(8(3)13)10(15)16-17/h3-7,12H,17H2,1-2H3/t3-,4-,5-,6-,7?/m1/s1. The molecule has 0 bridgehead atoms. The maximum atomic E-state index is 11.9. The lowest BCUT2D eigenvalue weighted by Gasteiger charge is -2.46. The molecule has 2 aliphatic heterocycles. The van der Waals surface area contributed by atoms with Crippen molar-refractivity contribution in [2.45, 2.75) is 32.0 Å². The second-order valence-corrected chi connectivity index (χ2v) is 4.77. The predicted octanol–water partition coefficient (Wildman–Crippen LogP) is -0.885. The summed E-state index contributed by atoms with van der Waals surface area (Å²) in [6, 6.07) is -1.53. The van der Waals surface area contributed by atoms with Gasteiger partial charge in [-0.2, -0.15) is 0 Å². The maximum absolute atomic E-state index is 11.9. The highest BCUT2D eigenvalue weighted by molar-refractivity contribution is 7.10. The molecule has 0 radical (unpaired) electrons. The van der Waals surface area contributed by atoms with Crippen LogP contribution in [0, 0.1) is 11.8 Å². The summed E-state index contributed by atoms with van der Waals surface area (Å²) in [5.74, 6) is -2.45. The van der Waals surface area contributed by atoms with Crippen LogP contribution in [-0.4, -0.2) is 45.9 Å². The number of aliphatic hydroxyl groups excluding tert-OH is 1. The highest BCUT2D eigenvalue weighted by atomic mass is 31.0. The topological polar surface area (TPSA) is 83.9 Å². The molecule has 0 saturated carbocycles. The van der Waals surface area contributed by atoms with Gasteiger partial charge in [0.25, 0.3) is 0 Å². The average molecular weight is 259 g/mol. The number of amides is 1. The number of Topliss-reactive ketones (excluding diaryl/α,β-unsaturated/α-hetero) is 1. The molecule has 94 valence electrons. The Morgan fingerprint density at radius 2 is 2.12 bits per heavy atom. The number of carbonyl (C=O) groups excluding carboxylic acids is 3. The van der Waals surface area contributed by atoms with Crippen LogP contribution in [0.5, 0.6) is 0 Å². The largest absolute Gasteiger partial charge is 0.450 e. The number of carbonyl (C=O) groups is 3. The van der Waals surface area contributed by atoms with Crippen LogP contribution in [-0.2, 0) is 18.9 Å². The van der Waals surface area contributed by atoms with Gasteiger partial charge >= 0.3 is 5.97 Å². The molecule has 0 spiro atoms. The zero-order chi connectivity index (χ0) is 12.9. The normalized spacial score (nSPS) is 37.5. The van der Waals surface area contributed by atoms with Gasteiger partial charge in [0.1, 0.15) is 0 Å². The third kappa shape index (κ3) is 1.51. The fraction of sp³-hybridized carbons (Fsp3) is 0.700. The second kappa shape index (κ2) is 4.03. The molecule has 0 aliphatic carbocycles. The van der Waals surface area contributed by atoms with Crippen LogP contribution in [0.1, 0.15) is 13.8 Å². The number of fused-ring (bicyclic) bond motifs is 1. The first-order valence-electron chi connectivity index (χ1n) is 5.36. The van der Waals surface area contributed by atoms with E-state index in [4.69, 9.17) is 0 Å². The molecule has 1 amide bonds. The van der Waals surface area contributed by atoms with Gasteiger partial charge in [0.05, 0.1) is 27.5 Å². The highest BCUT2D eigenvalue weighted by Crippen LogP contribution is 2.43. The van der Waals surface area contributed by atoms with Gasteiger partial charge in [-0.1, -0.05) is 6.92 Å². The summed E-state index contributed by atoms with van der Waals surface area (Å²) >= 11 is 0. The van der Waals surface area contributed by atoms with E-state index in [1.165, 1.54) is 11.8 Å². The van der Waals surface area contributed by atoms with Gasteiger partial charge in [-0.15, -0.1) is 0 Å². The SMILES string of the molecule is C[C@@H](O)[C@H]1C(=O)N2C(C(=O)OP)C(=O)[C@H](C)[C@H]12. The van der Waals surface area contributed by atoms with Crippen molar-refractivity contribution in [2.24, 2.45) is 11.8 Å². The lowest BCUT2D eigenvalue weighted by atomic mass is 9.79. The van der Waals surface area contributed by atoms with Gasteiger partial charge in [-0.25, -0.2) is 4.79 Å². The summed E-state index contributed by atoms with van der Waals surface area (Å²) in [5.41, 5.74) is 0. The van der Waals surface area contributed by atoms with E-state index < -0.39 is 30.0 Å². The Labute approximate surface area is 101 Å². The molecular weight excluding hydrogens is 245 g/mol. The molecule has 6 nitrogen and oxygen atoms in total. The van der Waals surface area contributed by atoms with Crippen LogP contribution in [0.4, 0.5) is 0 Å². The lowest BCUT2D eigenvalue weighted by Crippen LogP contribution is -2.65. The summed E-state index contributed by atoms with van der Waals surface area (Å²) < 4.78 is 4.45. The van der Waals surface area contributed by atoms with Gasteiger partial charge in [0.2, 0.25) is 5.91 Å². The predicted molar refractivity (Wildman–Crippen MR) is 59.6 cm³/mol. The fourth-order valence-corrected chi connectivity index (χ4v) is 2.88. The van der Waals surface area contributed by atoms with Gasteiger partial charge < -0.3 is 14.5 Å². The maximum Gasteiger partial charge on any atom is 0.338 e. The van der Waals surface area contributed by atoms with Crippen LogP contribution in [0.2, 0.25) is 0 Å². The van der Waals surface area contributed by atoms with Crippen molar-refractivity contribution >= 4 is 27.1 Å². The number of hydrogen-bond donors (Lipinski definition) is 1. The van der Waals surface area contributed by atoms with Crippen LogP contribution in [0.3, 0.4) is 0 Å². The van der Waals surface area contributed by atoms with Crippen LogP contribution < -0.4 is 0 Å². The molecule has 17 heavy (non-hydrogen) atoms. The Kier molecular flexibility index (Phi) is 2.96. The van der Waals surface area contributed by atoms with Gasteiger partial charge in [0.15, 0.2) is 11.8 Å². The minimum atomic E-state index is -1.14. The molecule has 7 heteroatoms. The van der Waals surface area contributed by atoms with E-state index >= 15 is 0 Å². The van der Waals surface area contributed by atoms with Gasteiger partial charge in [-0.3, -0.25) is 9.59 Å². The molecule has 2 saturated heterocycles. The van der Waals surface area contributed by atoms with Crippen LogP contribution in [0.15, 0.2) is 0 Å². The molecular formula is C10H14NO5P. The summed E-state index contributed by atoms with van der Waals surface area (Å²) in [5, 5.41) is 9.50. The first-order chi connectivity index (χ1) is 7.91. The molecule has 0 aromatic rings. The van der Waals surface area contributed by atoms with E-state index in [-0.39, 0.29) is 17.7 Å². The molecule has 2 fully saturated rings. The molecule has 2 heterocycles. The Bertz CT molecular complexity index is 396. The number of β-lactam (4-membered cyclic amide) rings is 1. The lowest BCUT2D eigenvalue weighted by molar-refractivity contribution is -0.170. The minimum Gasteiger partial charge on any atom is -0.450 e. The second-order valence-electron chi connectivity index (χ2n) is 4.53. The number of hydrogen-bond acceptors (Lipinski definition) is 5. The Morgan fingerprint density at radius 1 is 1.53 bits per heavy atom. The van der Waals surface area contributed by atoms with Crippen LogP contribution in [0.25, 0.3) is 0 Å². The molecule has 6 atom stereocenters. The molecule has 0 aromatic carbocycles. The highest BCUT2D eigenvalue weighted by Gasteiger charge is 2.64. The molecule has 2 aliphatic rings. The number of nitrogens with zero attached hydrogens (tertiary/aromatic N) is 1. The van der Waals surface area contributed by atoms with Crippen molar-refractivity contribution in [3.63, 3.8) is 0 Å². The van der Waals surface area contributed by atoms with E-state index in [9.17, 15) is 19.5 Å². The van der Waals surface area contributed by atoms with E-state index in [0.29, 0.717) is 0 Å². The summed E-state index contributed by atoms with van der Waals surface area (Å²) in [7, 11) is 1.78. The minimum absolute atomic E-state index is 0.320. The van der Waals surface area contributed by atoms with Crippen molar-refractivity contribution in [3.8, 4) is 0 Å². The van der Waals surface area contributed by atoms with Gasteiger partial charge in [-0.05, 0) is 6.92 Å². The molecule has 2 unspecified atom stereocenters. The van der Waals surface area contributed by atoms with Crippen molar-refractivity contribution < 1.29 is 24.0 Å². The smallest absolute Gasteiger partial charge is 0.338 e. The van der Waals surface area contributed by atoms with Crippen molar-refractivity contribution in [1.29, 1.82) is 0 Å². The van der Waals surface area contributed by atoms with Crippen molar-refractivity contribution in [2.75, 3.05) is 0 Å². The quantitative estimate of drug-likeness (QED) is 0.395. The molecule has 0 aromatic heterocycles. The van der Waals surface area contributed by atoms with E-state index in [1.54, 1.807) is 16.4 Å². The van der Waals surface area contributed by atoms with E-state index in [0.717, 1.165) is 0 Å². The number of ketones is 1. The van der Waals surface area contributed by atoms with Crippen molar-refractivity contribution in [1.82, 2.24) is 4.90 Å². The van der Waals surface area contributed by atoms with Crippen LogP contribution >= 0.6 is 9.47 Å². The first-order valence-corrected chi connectivity index (χ1v) is 5.83. The first kappa shape index (κ1) is 12.5. The third-order valence-corrected chi connectivity index (χ3v) is 3.83. The summed E-state index contributed by atoms with van der Waals surface area (Å²) in [4.78, 5) is 36.4. The van der Waals surface area contributed by atoms with E-state index in [1.807, 2.05) is 0 Å². The number of aliphatic hydroxyl groups is 1. The molecule has 1 N–H and O–H groups in total. The zero-order valence-electron chi connectivity index (χ0n) is 9.49. The third-order valence-electron chi connectivity index (χ3n) is 3.60. The van der Waals surface area contributed by atoms with E-state index in [2.05, 4.69) is 4.52 Å². The molecule has 2 rings (SSSR count). The Hall–Kier alpha value is -1.00. The number of rotatable bonds is 2. The Morgan fingerprint density at radius 3 is 2.59 bits per heavy atom. The van der Waals surface area contributed by atoms with Gasteiger partial charge in [0, 0.05) is 5.92 Å². The summed E-state index contributed by atoms with van der Waals surface area (Å²) in [6.45, 7) is 3.18. The average Bonchev–Trinajstić information content (AvgIpc) is 2.49. The monoisotopic (exact) mass is 259 g/mol.